The van der Waals surface area contributed by atoms with E-state index in [1.54, 1.807) is 50.3 Å². The summed E-state index contributed by atoms with van der Waals surface area (Å²) in [6, 6.07) is 17.2. The Morgan fingerprint density at radius 3 is 1.48 bits per heavy atom. The van der Waals surface area contributed by atoms with Gasteiger partial charge in [-0.1, -0.05) is 65.8 Å². The van der Waals surface area contributed by atoms with Gasteiger partial charge in [-0.15, -0.1) is 11.3 Å². The van der Waals surface area contributed by atoms with E-state index in [2.05, 4.69) is 116 Å². The van der Waals surface area contributed by atoms with Crippen molar-refractivity contribution in [3.63, 3.8) is 0 Å². The summed E-state index contributed by atoms with van der Waals surface area (Å²) in [7, 11) is -4.83. The number of pyridine rings is 2. The standard InChI is InChI=1S/C34H44N2O6S.C34H44N2O5S2/c2*1-20-13-24-9-8-11-34(6,29(24)14-21(20)2)28-17-30(42-22(28)3)31(37)27-18-36-12-10-23(27)15-26-16-25(19-41-43(35,38)39)32(40-7)33(26,4)5/h2*10,12-14,17-18,25-26,32H,8-9,11,15-16,19H2,1-7H3,(H2,35,38,39)/t2*25?,26-,32-,34?/m11/s1. The first-order valence-corrected chi connectivity index (χ1v) is 33.8. The maximum Gasteiger partial charge on any atom is 0.333 e. The molecule has 0 aliphatic heterocycles. The van der Waals surface area contributed by atoms with Crippen molar-refractivity contribution in [3.05, 3.63) is 172 Å². The number of aryl methyl sites for hydroxylation is 8. The van der Waals surface area contributed by atoms with Crippen LogP contribution in [0.1, 0.15) is 189 Å². The molecular weight excluding hydrogens is 1140 g/mol. The van der Waals surface area contributed by atoms with Gasteiger partial charge in [-0.25, -0.2) is 10.3 Å². The highest BCUT2D eigenvalue weighted by Crippen LogP contribution is 2.52. The largest absolute Gasteiger partial charge is 0.458 e. The van der Waals surface area contributed by atoms with Crippen molar-refractivity contribution in [3.8, 4) is 0 Å². The summed E-state index contributed by atoms with van der Waals surface area (Å²) in [5, 5.41) is 10.2. The summed E-state index contributed by atoms with van der Waals surface area (Å²) in [4.78, 5) is 38.7. The molecule has 0 spiro atoms. The lowest BCUT2D eigenvalue weighted by atomic mass is 9.66. The molecule has 10 rings (SSSR count). The number of furan rings is 1. The molecule has 464 valence electrons. The van der Waals surface area contributed by atoms with E-state index in [0.29, 0.717) is 42.6 Å². The first-order chi connectivity index (χ1) is 40.3. The van der Waals surface area contributed by atoms with E-state index in [1.165, 1.54) is 54.9 Å². The van der Waals surface area contributed by atoms with E-state index in [-0.39, 0.29) is 82.3 Å². The maximum atomic E-state index is 14.1. The topological polar surface area (TPSA) is 230 Å². The Morgan fingerprint density at radius 2 is 1.03 bits per heavy atom. The van der Waals surface area contributed by atoms with Gasteiger partial charge in [0, 0.05) is 83.2 Å². The minimum absolute atomic E-state index is 0.00428. The molecule has 4 heterocycles. The highest BCUT2D eigenvalue weighted by molar-refractivity contribution is 7.84. The molecule has 15 nitrogen and oxygen atoms in total. The first kappa shape index (κ1) is 65.2. The van der Waals surface area contributed by atoms with Gasteiger partial charge >= 0.3 is 20.6 Å². The number of carbonyl (C=O) groups excluding carboxylic acids is 2. The number of methoxy groups -OCH3 is 2. The molecule has 4 aromatic heterocycles. The normalized spacial score (nSPS) is 25.1. The lowest BCUT2D eigenvalue weighted by Crippen LogP contribution is -2.36. The second-order valence-corrected chi connectivity index (χ2v) is 30.4. The molecule has 4 aliphatic rings. The quantitative estimate of drug-likeness (QED) is 0.0764. The number of thiophene rings is 1. The van der Waals surface area contributed by atoms with Crippen LogP contribution in [0.25, 0.3) is 0 Å². The van der Waals surface area contributed by atoms with Gasteiger partial charge in [-0.05, 0) is 214 Å². The zero-order valence-corrected chi connectivity index (χ0v) is 55.1. The molecule has 86 heavy (non-hydrogen) atoms. The van der Waals surface area contributed by atoms with Crippen LogP contribution in [0.15, 0.2) is 77.7 Å². The number of rotatable bonds is 18. The number of hydrogen-bond donors (Lipinski definition) is 2. The van der Waals surface area contributed by atoms with Crippen LogP contribution >= 0.6 is 11.3 Å². The van der Waals surface area contributed by atoms with Gasteiger partial charge < -0.3 is 13.9 Å². The van der Waals surface area contributed by atoms with Crippen molar-refractivity contribution < 1.29 is 48.7 Å². The average Bonchev–Trinajstić information content (AvgIpc) is 1.54. The highest BCUT2D eigenvalue weighted by atomic mass is 32.2. The van der Waals surface area contributed by atoms with E-state index in [9.17, 15) is 26.4 Å². The van der Waals surface area contributed by atoms with Crippen LogP contribution in [0.3, 0.4) is 0 Å². The summed E-state index contributed by atoms with van der Waals surface area (Å²) < 4.78 is 73.7. The second-order valence-electron chi connectivity index (χ2n) is 26.7. The molecule has 4 unspecified atom stereocenters. The molecule has 8 atom stereocenters. The molecule has 2 saturated carbocycles. The van der Waals surface area contributed by atoms with Gasteiger partial charge in [0.05, 0.1) is 30.3 Å². The Labute approximate surface area is 514 Å². The summed E-state index contributed by atoms with van der Waals surface area (Å²) in [5.74, 6) is 0.813. The van der Waals surface area contributed by atoms with E-state index in [4.69, 9.17) is 32.5 Å². The fourth-order valence-corrected chi connectivity index (χ4v) is 17.4. The second kappa shape index (κ2) is 24.9. The van der Waals surface area contributed by atoms with Crippen LogP contribution in [0.2, 0.25) is 0 Å². The van der Waals surface area contributed by atoms with Crippen LogP contribution in [-0.2, 0) is 75.0 Å². The molecule has 0 saturated heterocycles. The van der Waals surface area contributed by atoms with Crippen molar-refractivity contribution in [1.82, 2.24) is 9.97 Å². The van der Waals surface area contributed by atoms with Crippen LogP contribution in [0.5, 0.6) is 0 Å². The molecule has 2 fully saturated rings. The SMILES string of the molecule is CO[C@@H]1C(COS(N)(=O)=O)C[C@@H](Cc2ccncc2C(=O)c2cc(C3(C)CCCc4cc(C)c(C)cc43)c(C)o2)C1(C)C.CO[C@@H]1C(COS(N)(=O)=O)C[C@@H](Cc2ccncc2C(=O)c2cc(C3(C)CCCc4cc(C)c(C)cc43)c(C)s2)C1(C)C. The van der Waals surface area contributed by atoms with Gasteiger partial charge in [0.1, 0.15) is 5.76 Å². The summed E-state index contributed by atoms with van der Waals surface area (Å²) >= 11 is 1.57. The number of benzene rings is 2. The molecule has 2 aromatic carbocycles. The molecular formula is C68H88N4O11S3. The van der Waals surface area contributed by atoms with Crippen molar-refractivity contribution in [2.75, 3.05) is 27.4 Å². The van der Waals surface area contributed by atoms with E-state index >= 15 is 0 Å². The Hall–Kier alpha value is -5.28. The minimum atomic E-state index is -4.06. The number of hydrogen-bond acceptors (Lipinski definition) is 14. The number of carbonyl (C=O) groups is 2. The zero-order valence-electron chi connectivity index (χ0n) is 52.6. The van der Waals surface area contributed by atoms with E-state index in [0.717, 1.165) is 65.9 Å². The number of nitrogens with two attached hydrogens (primary N) is 2. The maximum absolute atomic E-state index is 14.1. The van der Waals surface area contributed by atoms with Crippen LogP contribution in [-0.4, -0.2) is 78.0 Å². The van der Waals surface area contributed by atoms with Crippen molar-refractivity contribution in [2.45, 2.75) is 170 Å². The third-order valence-electron chi connectivity index (χ3n) is 20.6. The Balaban J connectivity index is 0.000000205. The number of ketones is 2. The molecule has 18 heteroatoms. The van der Waals surface area contributed by atoms with E-state index < -0.39 is 20.6 Å². The minimum Gasteiger partial charge on any atom is -0.458 e. The molecule has 0 radical (unpaired) electrons. The van der Waals surface area contributed by atoms with Gasteiger partial charge in [-0.3, -0.25) is 27.9 Å². The Bertz CT molecular complexity index is 3530. The van der Waals surface area contributed by atoms with Crippen molar-refractivity contribution in [1.29, 1.82) is 0 Å². The first-order valence-electron chi connectivity index (χ1n) is 30.1. The van der Waals surface area contributed by atoms with Crippen molar-refractivity contribution in [2.24, 2.45) is 44.8 Å². The molecule has 4 aliphatic carbocycles. The van der Waals surface area contributed by atoms with Gasteiger partial charge in [0.2, 0.25) is 11.6 Å². The Morgan fingerprint density at radius 1 is 0.605 bits per heavy atom. The van der Waals surface area contributed by atoms with Crippen LogP contribution in [0, 0.1) is 76.0 Å². The zero-order chi connectivity index (χ0) is 62.6. The fraction of sp³-hybridized carbons (Fsp3) is 0.529. The summed E-state index contributed by atoms with van der Waals surface area (Å²) in [6.45, 7) is 25.8. The van der Waals surface area contributed by atoms with Gasteiger partial charge in [0.25, 0.3) is 0 Å². The third-order valence-corrected chi connectivity index (χ3v) is 22.6. The number of fused-ring (bicyclic) bond motifs is 2. The summed E-state index contributed by atoms with van der Waals surface area (Å²) in [5.41, 5.74) is 15.0. The van der Waals surface area contributed by atoms with Gasteiger partial charge in [0.15, 0.2) is 5.76 Å². The fourth-order valence-electron chi connectivity index (χ4n) is 15.6. The van der Waals surface area contributed by atoms with Gasteiger partial charge in [-0.2, -0.15) is 16.8 Å². The highest BCUT2D eigenvalue weighted by Gasteiger charge is 2.51. The summed E-state index contributed by atoms with van der Waals surface area (Å²) in [6.07, 6.45) is 15.3. The predicted octanol–water partition coefficient (Wildman–Crippen LogP) is 12.3. The van der Waals surface area contributed by atoms with Crippen LogP contribution in [0.4, 0.5) is 0 Å². The predicted molar refractivity (Wildman–Crippen MR) is 336 cm³/mol. The lowest BCUT2D eigenvalue weighted by Gasteiger charge is -2.37. The van der Waals surface area contributed by atoms with Crippen LogP contribution < -0.4 is 10.3 Å². The lowest BCUT2D eigenvalue weighted by molar-refractivity contribution is -0.0191. The van der Waals surface area contributed by atoms with E-state index in [1.807, 2.05) is 25.1 Å². The number of nitrogens with zero attached hydrogens (tertiary/aromatic N) is 2. The van der Waals surface area contributed by atoms with Crippen molar-refractivity contribution >= 4 is 43.5 Å². The smallest absolute Gasteiger partial charge is 0.333 e. The Kier molecular flexibility index (Phi) is 18.9. The molecule has 0 amide bonds. The third kappa shape index (κ3) is 13.1. The molecule has 6 aromatic rings. The molecule has 4 N–H and O–H groups in total. The monoisotopic (exact) mass is 1230 g/mol. The number of aromatic nitrogens is 2. The number of ether oxygens (including phenoxy) is 2. The average molecular weight is 1230 g/mol. The molecule has 0 bridgehead atoms.